The van der Waals surface area contributed by atoms with E-state index in [9.17, 15) is 4.79 Å². The number of hydrogen-bond donors (Lipinski definition) is 1. The zero-order valence-corrected chi connectivity index (χ0v) is 11.3. The van der Waals surface area contributed by atoms with E-state index in [4.69, 9.17) is 22.1 Å². The molecule has 0 aliphatic heterocycles. The van der Waals surface area contributed by atoms with Crippen LogP contribution in [-0.2, 0) is 11.3 Å². The van der Waals surface area contributed by atoms with Crippen molar-refractivity contribution in [1.82, 2.24) is 0 Å². The van der Waals surface area contributed by atoms with Crippen molar-refractivity contribution in [3.63, 3.8) is 0 Å². The highest BCUT2D eigenvalue weighted by atomic mass is 35.5. The van der Waals surface area contributed by atoms with Gasteiger partial charge in [-0.1, -0.05) is 41.4 Å². The molecule has 0 aliphatic carbocycles. The van der Waals surface area contributed by atoms with Gasteiger partial charge in [0.15, 0.2) is 0 Å². The highest BCUT2D eigenvalue weighted by molar-refractivity contribution is 6.31. The van der Waals surface area contributed by atoms with Crippen molar-refractivity contribution < 1.29 is 9.53 Å². The van der Waals surface area contributed by atoms with Crippen LogP contribution in [0.1, 0.15) is 21.5 Å². The second kappa shape index (κ2) is 5.76. The molecule has 19 heavy (non-hydrogen) atoms. The Morgan fingerprint density at radius 2 is 1.89 bits per heavy atom. The number of hydrogen-bond acceptors (Lipinski definition) is 3. The van der Waals surface area contributed by atoms with Crippen LogP contribution < -0.4 is 5.73 Å². The highest BCUT2D eigenvalue weighted by Gasteiger charge is 2.09. The van der Waals surface area contributed by atoms with Gasteiger partial charge >= 0.3 is 5.97 Å². The summed E-state index contributed by atoms with van der Waals surface area (Å²) >= 11 is 5.84. The Kier molecular flexibility index (Phi) is 4.07. The lowest BCUT2D eigenvalue weighted by Gasteiger charge is -2.06. The minimum atomic E-state index is -0.435. The van der Waals surface area contributed by atoms with E-state index in [1.54, 1.807) is 12.1 Å². The summed E-state index contributed by atoms with van der Waals surface area (Å²) in [6.07, 6.45) is 0. The molecule has 0 unspecified atom stereocenters. The largest absolute Gasteiger partial charge is 0.457 e. The molecule has 0 amide bonds. The van der Waals surface area contributed by atoms with Crippen molar-refractivity contribution in [2.45, 2.75) is 13.5 Å². The van der Waals surface area contributed by atoms with Gasteiger partial charge in [-0.25, -0.2) is 4.79 Å². The van der Waals surface area contributed by atoms with Gasteiger partial charge in [-0.05, 0) is 30.7 Å². The maximum Gasteiger partial charge on any atom is 0.338 e. The topological polar surface area (TPSA) is 52.3 Å². The van der Waals surface area contributed by atoms with Crippen LogP contribution in [0.25, 0.3) is 0 Å². The lowest BCUT2D eigenvalue weighted by atomic mass is 10.1. The number of anilines is 1. The Bertz CT molecular complexity index is 573. The molecule has 0 saturated heterocycles. The fourth-order valence-corrected chi connectivity index (χ4v) is 1.89. The van der Waals surface area contributed by atoms with Gasteiger partial charge in [0.25, 0.3) is 0 Å². The number of nitrogen functional groups attached to an aromatic ring is 1. The Morgan fingerprint density at radius 3 is 2.53 bits per heavy atom. The number of carbonyl (C=O) groups is 1. The molecular formula is C15H14ClNO2. The first-order valence-electron chi connectivity index (χ1n) is 5.83. The monoisotopic (exact) mass is 275 g/mol. The third-order valence-electron chi connectivity index (χ3n) is 2.65. The Hall–Kier alpha value is -2.00. The number of rotatable bonds is 3. The minimum Gasteiger partial charge on any atom is -0.457 e. The molecule has 0 aromatic heterocycles. The van der Waals surface area contributed by atoms with Crippen LogP contribution in [0.2, 0.25) is 5.02 Å². The van der Waals surface area contributed by atoms with E-state index >= 15 is 0 Å². The van der Waals surface area contributed by atoms with E-state index < -0.39 is 5.97 Å². The van der Waals surface area contributed by atoms with Crippen molar-refractivity contribution in [3.8, 4) is 0 Å². The number of esters is 1. The molecule has 0 radical (unpaired) electrons. The standard InChI is InChI=1S/C15H14ClNO2/c1-10-2-4-11(5-3-10)9-19-15(18)12-6-13(16)8-14(17)7-12/h2-8H,9,17H2,1H3. The van der Waals surface area contributed by atoms with Gasteiger partial charge in [-0.3, -0.25) is 0 Å². The SMILES string of the molecule is Cc1ccc(COC(=O)c2cc(N)cc(Cl)c2)cc1. The molecule has 0 bridgehead atoms. The number of halogens is 1. The minimum absolute atomic E-state index is 0.228. The smallest absolute Gasteiger partial charge is 0.338 e. The van der Waals surface area contributed by atoms with Crippen LogP contribution >= 0.6 is 11.6 Å². The van der Waals surface area contributed by atoms with E-state index in [0.717, 1.165) is 11.1 Å². The molecule has 0 spiro atoms. The first-order valence-corrected chi connectivity index (χ1v) is 6.21. The maximum absolute atomic E-state index is 11.9. The van der Waals surface area contributed by atoms with Crippen molar-refractivity contribution in [3.05, 3.63) is 64.2 Å². The van der Waals surface area contributed by atoms with Crippen LogP contribution in [0, 0.1) is 6.92 Å². The quantitative estimate of drug-likeness (QED) is 0.688. The lowest BCUT2D eigenvalue weighted by molar-refractivity contribution is 0.0473. The van der Waals surface area contributed by atoms with Gasteiger partial charge < -0.3 is 10.5 Å². The molecule has 2 aromatic rings. The summed E-state index contributed by atoms with van der Waals surface area (Å²) < 4.78 is 5.21. The number of nitrogens with two attached hydrogens (primary N) is 1. The zero-order valence-electron chi connectivity index (χ0n) is 10.5. The van der Waals surface area contributed by atoms with E-state index in [-0.39, 0.29) is 6.61 Å². The van der Waals surface area contributed by atoms with Gasteiger partial charge in [0.1, 0.15) is 6.61 Å². The van der Waals surface area contributed by atoms with Crippen molar-refractivity contribution in [2.24, 2.45) is 0 Å². The molecule has 2 N–H and O–H groups in total. The summed E-state index contributed by atoms with van der Waals surface area (Å²) in [4.78, 5) is 11.9. The number of benzene rings is 2. The summed E-state index contributed by atoms with van der Waals surface area (Å²) in [5.41, 5.74) is 8.53. The summed E-state index contributed by atoms with van der Waals surface area (Å²) in [5, 5.41) is 0.419. The van der Waals surface area contributed by atoms with Gasteiger partial charge in [0.05, 0.1) is 5.56 Å². The molecule has 2 aromatic carbocycles. The van der Waals surface area contributed by atoms with Gasteiger partial charge in [-0.15, -0.1) is 0 Å². The van der Waals surface area contributed by atoms with Crippen molar-refractivity contribution in [2.75, 3.05) is 5.73 Å². The molecule has 0 aliphatic rings. The zero-order chi connectivity index (χ0) is 13.8. The van der Waals surface area contributed by atoms with Crippen LogP contribution in [-0.4, -0.2) is 5.97 Å². The van der Waals surface area contributed by atoms with Gasteiger partial charge in [0.2, 0.25) is 0 Å². The van der Waals surface area contributed by atoms with E-state index in [0.29, 0.717) is 16.3 Å². The number of ether oxygens (including phenoxy) is 1. The molecular weight excluding hydrogens is 262 g/mol. The molecule has 0 atom stereocenters. The normalized spacial score (nSPS) is 10.2. The second-order valence-electron chi connectivity index (χ2n) is 4.33. The fraction of sp³-hybridized carbons (Fsp3) is 0.133. The summed E-state index contributed by atoms with van der Waals surface area (Å²) in [6, 6.07) is 12.5. The molecule has 3 nitrogen and oxygen atoms in total. The first-order chi connectivity index (χ1) is 9.04. The van der Waals surface area contributed by atoms with Crippen LogP contribution in [0.3, 0.4) is 0 Å². The summed E-state index contributed by atoms with van der Waals surface area (Å²) in [7, 11) is 0. The molecule has 2 rings (SSSR count). The van der Waals surface area contributed by atoms with Gasteiger partial charge in [0, 0.05) is 10.7 Å². The van der Waals surface area contributed by atoms with Gasteiger partial charge in [-0.2, -0.15) is 0 Å². The second-order valence-corrected chi connectivity index (χ2v) is 4.77. The van der Waals surface area contributed by atoms with E-state index in [2.05, 4.69) is 0 Å². The van der Waals surface area contributed by atoms with Crippen LogP contribution in [0.15, 0.2) is 42.5 Å². The maximum atomic E-state index is 11.9. The van der Waals surface area contributed by atoms with Crippen molar-refractivity contribution >= 4 is 23.3 Å². The van der Waals surface area contributed by atoms with E-state index in [1.807, 2.05) is 31.2 Å². The Labute approximate surface area is 117 Å². The molecule has 0 heterocycles. The Balaban J connectivity index is 2.03. The third kappa shape index (κ3) is 3.73. The molecule has 0 saturated carbocycles. The van der Waals surface area contributed by atoms with Crippen LogP contribution in [0.5, 0.6) is 0 Å². The predicted octanol–water partition coefficient (Wildman–Crippen LogP) is 3.59. The highest BCUT2D eigenvalue weighted by Crippen LogP contribution is 2.17. The average molecular weight is 276 g/mol. The fourth-order valence-electron chi connectivity index (χ4n) is 1.65. The predicted molar refractivity (Wildman–Crippen MR) is 76.2 cm³/mol. The van der Waals surface area contributed by atoms with Crippen LogP contribution in [0.4, 0.5) is 5.69 Å². The van der Waals surface area contributed by atoms with E-state index in [1.165, 1.54) is 6.07 Å². The Morgan fingerprint density at radius 1 is 1.21 bits per heavy atom. The molecule has 0 fully saturated rings. The molecule has 98 valence electrons. The lowest BCUT2D eigenvalue weighted by Crippen LogP contribution is -2.06. The third-order valence-corrected chi connectivity index (χ3v) is 2.86. The average Bonchev–Trinajstić information content (AvgIpc) is 2.36. The number of carbonyl (C=O) groups excluding carboxylic acids is 1. The first kappa shape index (κ1) is 13.4. The van der Waals surface area contributed by atoms with Crippen molar-refractivity contribution in [1.29, 1.82) is 0 Å². The summed E-state index contributed by atoms with van der Waals surface area (Å²) in [5.74, 6) is -0.435. The molecule has 4 heteroatoms. The number of aryl methyl sites for hydroxylation is 1. The summed E-state index contributed by atoms with van der Waals surface area (Å²) in [6.45, 7) is 2.23.